The van der Waals surface area contributed by atoms with Gasteiger partial charge in [0.15, 0.2) is 0 Å². The molecule has 0 spiro atoms. The van der Waals surface area contributed by atoms with E-state index in [-0.39, 0.29) is 18.2 Å². The number of primary amides is 1. The van der Waals surface area contributed by atoms with Crippen molar-refractivity contribution in [3.63, 3.8) is 0 Å². The van der Waals surface area contributed by atoms with E-state index in [2.05, 4.69) is 5.32 Å². The van der Waals surface area contributed by atoms with Crippen molar-refractivity contribution in [2.24, 2.45) is 5.73 Å². The molecule has 22 heavy (non-hydrogen) atoms. The molecule has 3 N–H and O–H groups in total. The number of nitrogens with two attached hydrogens (primary N) is 1. The van der Waals surface area contributed by atoms with Crippen LogP contribution in [0.3, 0.4) is 0 Å². The lowest BCUT2D eigenvalue weighted by atomic mass is 10.1. The molecule has 0 saturated carbocycles. The molecule has 0 aromatic heterocycles. The summed E-state index contributed by atoms with van der Waals surface area (Å²) in [5.41, 5.74) is 8.19. The zero-order chi connectivity index (χ0) is 16.1. The standard InChI is InChI=1S/C17H19N3O2/c1-20(2)15-5-3-4-13(11-15)17(22)19-14-8-6-12(7-9-14)10-16(18)21/h3-9,11H,10H2,1-2H3,(H2,18,21)(H,19,22). The third-order valence-electron chi connectivity index (χ3n) is 3.21. The van der Waals surface area contributed by atoms with Crippen molar-refractivity contribution in [1.29, 1.82) is 0 Å². The molecule has 0 fully saturated rings. The van der Waals surface area contributed by atoms with Crippen LogP contribution in [0, 0.1) is 0 Å². The number of nitrogens with zero attached hydrogens (tertiary/aromatic N) is 1. The van der Waals surface area contributed by atoms with Crippen molar-refractivity contribution in [2.75, 3.05) is 24.3 Å². The molecule has 2 amide bonds. The minimum atomic E-state index is -0.378. The molecule has 2 aromatic rings. The second-order valence-electron chi connectivity index (χ2n) is 5.24. The van der Waals surface area contributed by atoms with Crippen LogP contribution in [0.15, 0.2) is 48.5 Å². The van der Waals surface area contributed by atoms with Crippen LogP contribution in [0.5, 0.6) is 0 Å². The molecule has 0 aliphatic rings. The third kappa shape index (κ3) is 4.09. The second kappa shape index (κ2) is 6.76. The molecular formula is C17H19N3O2. The molecule has 2 rings (SSSR count). The van der Waals surface area contributed by atoms with Gasteiger partial charge in [0.1, 0.15) is 0 Å². The Morgan fingerprint density at radius 3 is 2.36 bits per heavy atom. The fourth-order valence-corrected chi connectivity index (χ4v) is 2.04. The summed E-state index contributed by atoms with van der Waals surface area (Å²) in [6.07, 6.45) is 0.194. The highest BCUT2D eigenvalue weighted by Gasteiger charge is 2.08. The summed E-state index contributed by atoms with van der Waals surface area (Å²) in [5, 5.41) is 2.83. The summed E-state index contributed by atoms with van der Waals surface area (Å²) in [7, 11) is 3.85. The van der Waals surface area contributed by atoms with Crippen LogP contribution < -0.4 is 16.0 Å². The molecule has 0 unspecified atom stereocenters. The lowest BCUT2D eigenvalue weighted by Crippen LogP contribution is -2.15. The van der Waals surface area contributed by atoms with Gasteiger partial charge in [0.05, 0.1) is 6.42 Å². The highest BCUT2D eigenvalue weighted by atomic mass is 16.2. The van der Waals surface area contributed by atoms with Gasteiger partial charge >= 0.3 is 0 Å². The molecule has 0 aliphatic heterocycles. The van der Waals surface area contributed by atoms with E-state index in [1.54, 1.807) is 30.3 Å². The van der Waals surface area contributed by atoms with Crippen molar-refractivity contribution in [1.82, 2.24) is 0 Å². The Bertz CT molecular complexity index is 679. The molecule has 0 heterocycles. The topological polar surface area (TPSA) is 75.4 Å². The van der Waals surface area contributed by atoms with Gasteiger partial charge in [-0.3, -0.25) is 9.59 Å². The van der Waals surface area contributed by atoms with Gasteiger partial charge in [0.25, 0.3) is 5.91 Å². The highest BCUT2D eigenvalue weighted by Crippen LogP contribution is 2.16. The van der Waals surface area contributed by atoms with Crippen LogP contribution in [0.1, 0.15) is 15.9 Å². The highest BCUT2D eigenvalue weighted by molar-refractivity contribution is 6.04. The van der Waals surface area contributed by atoms with Gasteiger partial charge in [0.2, 0.25) is 5.91 Å². The SMILES string of the molecule is CN(C)c1cccc(C(=O)Nc2ccc(CC(N)=O)cc2)c1. The number of hydrogen-bond donors (Lipinski definition) is 2. The van der Waals surface area contributed by atoms with Gasteiger partial charge < -0.3 is 16.0 Å². The fourth-order valence-electron chi connectivity index (χ4n) is 2.04. The quantitative estimate of drug-likeness (QED) is 0.886. The Morgan fingerprint density at radius 1 is 1.09 bits per heavy atom. The Morgan fingerprint density at radius 2 is 1.77 bits per heavy atom. The Labute approximate surface area is 129 Å². The molecule has 0 aliphatic carbocycles. The van der Waals surface area contributed by atoms with Gasteiger partial charge in [-0.15, -0.1) is 0 Å². The van der Waals surface area contributed by atoms with E-state index in [1.807, 2.05) is 37.2 Å². The second-order valence-corrected chi connectivity index (χ2v) is 5.24. The van der Waals surface area contributed by atoms with Gasteiger partial charge in [-0.05, 0) is 35.9 Å². The number of rotatable bonds is 5. The molecule has 2 aromatic carbocycles. The number of nitrogens with one attached hydrogen (secondary N) is 1. The van der Waals surface area contributed by atoms with E-state index in [4.69, 9.17) is 5.73 Å². The number of carbonyl (C=O) groups is 2. The first-order valence-electron chi connectivity index (χ1n) is 6.91. The summed E-state index contributed by atoms with van der Waals surface area (Å²) in [4.78, 5) is 25.0. The molecule has 114 valence electrons. The van der Waals surface area contributed by atoms with Gasteiger partial charge in [0, 0.05) is 31.0 Å². The first-order valence-corrected chi connectivity index (χ1v) is 6.91. The summed E-state index contributed by atoms with van der Waals surface area (Å²) >= 11 is 0. The largest absolute Gasteiger partial charge is 0.378 e. The zero-order valence-corrected chi connectivity index (χ0v) is 12.7. The summed E-state index contributed by atoms with van der Waals surface area (Å²) in [6.45, 7) is 0. The van der Waals surface area contributed by atoms with E-state index in [0.717, 1.165) is 11.3 Å². The number of benzene rings is 2. The van der Waals surface area contributed by atoms with Crippen molar-refractivity contribution in [3.8, 4) is 0 Å². The van der Waals surface area contributed by atoms with E-state index in [9.17, 15) is 9.59 Å². The van der Waals surface area contributed by atoms with Crippen LogP contribution in [-0.2, 0) is 11.2 Å². The maximum atomic E-state index is 12.2. The average molecular weight is 297 g/mol. The summed E-state index contributed by atoms with van der Waals surface area (Å²) < 4.78 is 0. The number of carbonyl (C=O) groups excluding carboxylic acids is 2. The van der Waals surface area contributed by atoms with E-state index in [1.165, 1.54) is 0 Å². The maximum absolute atomic E-state index is 12.2. The fraction of sp³-hybridized carbons (Fsp3) is 0.176. The normalized spacial score (nSPS) is 10.1. The van der Waals surface area contributed by atoms with Crippen LogP contribution in [-0.4, -0.2) is 25.9 Å². The Kier molecular flexibility index (Phi) is 4.78. The zero-order valence-electron chi connectivity index (χ0n) is 12.7. The predicted octanol–water partition coefficient (Wildman–Crippen LogP) is 2.03. The molecule has 0 bridgehead atoms. The molecule has 0 atom stereocenters. The molecule has 5 nitrogen and oxygen atoms in total. The molecule has 0 radical (unpaired) electrons. The van der Waals surface area contributed by atoms with Crippen LogP contribution in [0.4, 0.5) is 11.4 Å². The van der Waals surface area contributed by atoms with Gasteiger partial charge in [-0.25, -0.2) is 0 Å². The van der Waals surface area contributed by atoms with Crippen LogP contribution in [0.25, 0.3) is 0 Å². The average Bonchev–Trinajstić information content (AvgIpc) is 2.49. The number of amides is 2. The number of anilines is 2. The first-order chi connectivity index (χ1) is 10.5. The summed E-state index contributed by atoms with van der Waals surface area (Å²) in [5.74, 6) is -0.552. The minimum absolute atomic E-state index is 0.175. The lowest BCUT2D eigenvalue weighted by Gasteiger charge is -2.13. The van der Waals surface area contributed by atoms with Gasteiger partial charge in [-0.1, -0.05) is 18.2 Å². The minimum Gasteiger partial charge on any atom is -0.378 e. The van der Waals surface area contributed by atoms with E-state index in [0.29, 0.717) is 11.3 Å². The molecule has 5 heteroatoms. The van der Waals surface area contributed by atoms with E-state index >= 15 is 0 Å². The predicted molar refractivity (Wildman–Crippen MR) is 88.1 cm³/mol. The molecular weight excluding hydrogens is 278 g/mol. The smallest absolute Gasteiger partial charge is 0.255 e. The monoisotopic (exact) mass is 297 g/mol. The van der Waals surface area contributed by atoms with Crippen LogP contribution >= 0.6 is 0 Å². The van der Waals surface area contributed by atoms with Crippen molar-refractivity contribution in [3.05, 3.63) is 59.7 Å². The van der Waals surface area contributed by atoms with E-state index < -0.39 is 0 Å². The van der Waals surface area contributed by atoms with Gasteiger partial charge in [-0.2, -0.15) is 0 Å². The first kappa shape index (κ1) is 15.6. The summed E-state index contributed by atoms with van der Waals surface area (Å²) in [6, 6.07) is 14.4. The van der Waals surface area contributed by atoms with Crippen LogP contribution in [0.2, 0.25) is 0 Å². The molecule has 0 saturated heterocycles. The Hall–Kier alpha value is -2.82. The Balaban J connectivity index is 2.08. The van der Waals surface area contributed by atoms with Crippen molar-refractivity contribution < 1.29 is 9.59 Å². The van der Waals surface area contributed by atoms with Crippen molar-refractivity contribution >= 4 is 23.2 Å². The third-order valence-corrected chi connectivity index (χ3v) is 3.21. The lowest BCUT2D eigenvalue weighted by molar-refractivity contribution is -0.117. The van der Waals surface area contributed by atoms with Crippen molar-refractivity contribution in [2.45, 2.75) is 6.42 Å². The maximum Gasteiger partial charge on any atom is 0.255 e. The number of hydrogen-bond acceptors (Lipinski definition) is 3.